The van der Waals surface area contributed by atoms with Crippen molar-refractivity contribution in [2.75, 3.05) is 0 Å². The molecule has 0 heterocycles. The zero-order chi connectivity index (χ0) is 9.19. The van der Waals surface area contributed by atoms with E-state index in [0.29, 0.717) is 19.3 Å². The Morgan fingerprint density at radius 3 is 2.67 bits per heavy atom. The van der Waals surface area contributed by atoms with Gasteiger partial charge in [-0.25, -0.2) is 0 Å². The lowest BCUT2D eigenvalue weighted by Gasteiger charge is -2.30. The van der Waals surface area contributed by atoms with Crippen LogP contribution >= 0.6 is 0 Å². The SMILES string of the molecule is CCC1(C(=O)O)CCCC(=O)C1. The molecule has 1 rings (SSSR count). The summed E-state index contributed by atoms with van der Waals surface area (Å²) in [6, 6.07) is 0. The average Bonchev–Trinajstić information content (AvgIpc) is 2.04. The highest BCUT2D eigenvalue weighted by Crippen LogP contribution is 2.37. The summed E-state index contributed by atoms with van der Waals surface area (Å²) in [5.74, 6) is -0.705. The molecular weight excluding hydrogens is 156 g/mol. The van der Waals surface area contributed by atoms with Gasteiger partial charge in [0.25, 0.3) is 0 Å². The molecular formula is C9H14O3. The number of hydrogen-bond donors (Lipinski definition) is 1. The molecule has 1 aliphatic rings. The van der Waals surface area contributed by atoms with Gasteiger partial charge >= 0.3 is 5.97 Å². The number of carboxylic acids is 1. The molecule has 1 aliphatic carbocycles. The topological polar surface area (TPSA) is 54.4 Å². The van der Waals surface area contributed by atoms with Crippen molar-refractivity contribution >= 4 is 11.8 Å². The number of aliphatic carboxylic acids is 1. The summed E-state index contributed by atoms with van der Waals surface area (Å²) in [6.07, 6.45) is 2.76. The zero-order valence-electron chi connectivity index (χ0n) is 7.30. The molecule has 0 aromatic rings. The van der Waals surface area contributed by atoms with E-state index in [1.807, 2.05) is 6.92 Å². The van der Waals surface area contributed by atoms with Crippen molar-refractivity contribution in [3.8, 4) is 0 Å². The maximum Gasteiger partial charge on any atom is 0.310 e. The molecule has 0 aromatic carbocycles. The van der Waals surface area contributed by atoms with Gasteiger partial charge in [-0.15, -0.1) is 0 Å². The smallest absolute Gasteiger partial charge is 0.310 e. The van der Waals surface area contributed by atoms with Crippen LogP contribution in [-0.4, -0.2) is 16.9 Å². The van der Waals surface area contributed by atoms with E-state index < -0.39 is 11.4 Å². The standard InChI is InChI=1S/C9H14O3/c1-2-9(8(11)12)5-3-4-7(10)6-9/h2-6H2,1H3,(H,11,12). The molecule has 1 atom stereocenters. The predicted molar refractivity (Wildman–Crippen MR) is 43.8 cm³/mol. The Balaban J connectivity index is 2.78. The quantitative estimate of drug-likeness (QED) is 0.685. The first-order chi connectivity index (χ1) is 5.60. The van der Waals surface area contributed by atoms with Crippen LogP contribution in [0.1, 0.15) is 39.0 Å². The highest BCUT2D eigenvalue weighted by atomic mass is 16.4. The van der Waals surface area contributed by atoms with Crippen LogP contribution in [-0.2, 0) is 9.59 Å². The number of rotatable bonds is 2. The number of carbonyl (C=O) groups excluding carboxylic acids is 1. The van der Waals surface area contributed by atoms with Gasteiger partial charge in [0.15, 0.2) is 0 Å². The van der Waals surface area contributed by atoms with E-state index in [-0.39, 0.29) is 12.2 Å². The van der Waals surface area contributed by atoms with Gasteiger partial charge in [0.1, 0.15) is 5.78 Å². The highest BCUT2D eigenvalue weighted by Gasteiger charge is 2.40. The minimum Gasteiger partial charge on any atom is -0.481 e. The third-order valence-corrected chi connectivity index (χ3v) is 2.78. The van der Waals surface area contributed by atoms with E-state index in [1.165, 1.54) is 0 Å². The first-order valence-corrected chi connectivity index (χ1v) is 4.36. The molecule has 0 aromatic heterocycles. The Morgan fingerprint density at radius 2 is 2.33 bits per heavy atom. The van der Waals surface area contributed by atoms with E-state index in [4.69, 9.17) is 5.11 Å². The second kappa shape index (κ2) is 3.25. The molecule has 1 fully saturated rings. The highest BCUT2D eigenvalue weighted by molar-refractivity contribution is 5.87. The van der Waals surface area contributed by atoms with Crippen molar-refractivity contribution < 1.29 is 14.7 Å². The molecule has 0 bridgehead atoms. The van der Waals surface area contributed by atoms with Gasteiger partial charge in [-0.05, 0) is 19.3 Å². The summed E-state index contributed by atoms with van der Waals surface area (Å²) < 4.78 is 0. The van der Waals surface area contributed by atoms with Crippen molar-refractivity contribution in [3.05, 3.63) is 0 Å². The molecule has 1 saturated carbocycles. The first kappa shape index (κ1) is 9.23. The monoisotopic (exact) mass is 170 g/mol. The van der Waals surface area contributed by atoms with Gasteiger partial charge in [-0.3, -0.25) is 9.59 Å². The Hall–Kier alpha value is -0.860. The fourth-order valence-electron chi connectivity index (χ4n) is 1.81. The number of hydrogen-bond acceptors (Lipinski definition) is 2. The summed E-state index contributed by atoms with van der Waals surface area (Å²) >= 11 is 0. The third-order valence-electron chi connectivity index (χ3n) is 2.78. The van der Waals surface area contributed by atoms with E-state index in [1.54, 1.807) is 0 Å². The average molecular weight is 170 g/mol. The molecule has 1 N–H and O–H groups in total. The summed E-state index contributed by atoms with van der Waals surface area (Å²) in [6.45, 7) is 1.84. The number of ketones is 1. The van der Waals surface area contributed by atoms with Crippen LogP contribution in [0, 0.1) is 5.41 Å². The Labute approximate surface area is 71.8 Å². The summed E-state index contributed by atoms with van der Waals surface area (Å²) in [5.41, 5.74) is -0.741. The van der Waals surface area contributed by atoms with Crippen LogP contribution in [0.25, 0.3) is 0 Å². The van der Waals surface area contributed by atoms with Gasteiger partial charge in [0.2, 0.25) is 0 Å². The molecule has 0 amide bonds. The van der Waals surface area contributed by atoms with Crippen molar-refractivity contribution in [1.29, 1.82) is 0 Å². The molecule has 0 spiro atoms. The summed E-state index contributed by atoms with van der Waals surface area (Å²) in [7, 11) is 0. The lowest BCUT2D eigenvalue weighted by molar-refractivity contribution is -0.154. The minimum atomic E-state index is -0.807. The molecule has 3 nitrogen and oxygen atoms in total. The van der Waals surface area contributed by atoms with Crippen LogP contribution in [0.5, 0.6) is 0 Å². The van der Waals surface area contributed by atoms with Crippen LogP contribution in [0.15, 0.2) is 0 Å². The maximum absolute atomic E-state index is 11.1. The minimum absolute atomic E-state index is 0.102. The van der Waals surface area contributed by atoms with Crippen molar-refractivity contribution in [2.24, 2.45) is 5.41 Å². The summed E-state index contributed by atoms with van der Waals surface area (Å²) in [5, 5.41) is 8.95. The number of carbonyl (C=O) groups is 2. The fraction of sp³-hybridized carbons (Fsp3) is 0.778. The van der Waals surface area contributed by atoms with Crippen molar-refractivity contribution in [1.82, 2.24) is 0 Å². The maximum atomic E-state index is 11.1. The molecule has 0 aliphatic heterocycles. The van der Waals surface area contributed by atoms with Gasteiger partial charge in [-0.2, -0.15) is 0 Å². The van der Waals surface area contributed by atoms with Crippen LogP contribution < -0.4 is 0 Å². The van der Waals surface area contributed by atoms with Crippen molar-refractivity contribution in [3.63, 3.8) is 0 Å². The van der Waals surface area contributed by atoms with E-state index >= 15 is 0 Å². The van der Waals surface area contributed by atoms with E-state index in [0.717, 1.165) is 6.42 Å². The van der Waals surface area contributed by atoms with Gasteiger partial charge < -0.3 is 5.11 Å². The molecule has 3 heteroatoms. The van der Waals surface area contributed by atoms with E-state index in [2.05, 4.69) is 0 Å². The van der Waals surface area contributed by atoms with Crippen molar-refractivity contribution in [2.45, 2.75) is 39.0 Å². The molecule has 0 saturated heterocycles. The molecule has 68 valence electrons. The lowest BCUT2D eigenvalue weighted by atomic mass is 9.72. The third kappa shape index (κ3) is 1.49. The van der Waals surface area contributed by atoms with E-state index in [9.17, 15) is 9.59 Å². The fourth-order valence-corrected chi connectivity index (χ4v) is 1.81. The lowest BCUT2D eigenvalue weighted by Crippen LogP contribution is -2.35. The molecule has 12 heavy (non-hydrogen) atoms. The van der Waals surface area contributed by atoms with Gasteiger partial charge in [0, 0.05) is 12.8 Å². The Morgan fingerprint density at radius 1 is 1.67 bits per heavy atom. The second-order valence-corrected chi connectivity index (χ2v) is 3.51. The molecule has 1 unspecified atom stereocenters. The van der Waals surface area contributed by atoms with Gasteiger partial charge in [-0.1, -0.05) is 6.92 Å². The Kier molecular flexibility index (Phi) is 2.50. The molecule has 0 radical (unpaired) electrons. The van der Waals surface area contributed by atoms with Gasteiger partial charge in [0.05, 0.1) is 5.41 Å². The normalized spacial score (nSPS) is 30.2. The van der Waals surface area contributed by atoms with Crippen LogP contribution in [0.3, 0.4) is 0 Å². The van der Waals surface area contributed by atoms with Crippen LogP contribution in [0.4, 0.5) is 0 Å². The Bertz CT molecular complexity index is 210. The predicted octanol–water partition coefficient (Wildman–Crippen LogP) is 1.61. The first-order valence-electron chi connectivity index (χ1n) is 4.36. The number of Topliss-reactive ketones (excluding diaryl/α,β-unsaturated/α-hetero) is 1. The zero-order valence-corrected chi connectivity index (χ0v) is 7.30. The number of carboxylic acid groups (broad SMARTS) is 1. The second-order valence-electron chi connectivity index (χ2n) is 3.51. The largest absolute Gasteiger partial charge is 0.481 e. The van der Waals surface area contributed by atoms with Crippen LogP contribution in [0.2, 0.25) is 0 Å². The summed E-state index contributed by atoms with van der Waals surface area (Å²) in [4.78, 5) is 22.0.